The van der Waals surface area contributed by atoms with Gasteiger partial charge < -0.3 is 19.9 Å². The summed E-state index contributed by atoms with van der Waals surface area (Å²) in [4.78, 5) is 22.8. The Bertz CT molecular complexity index is 668. The lowest BCUT2D eigenvalue weighted by Gasteiger charge is -2.23. The van der Waals surface area contributed by atoms with Crippen LogP contribution in [0.1, 0.15) is 44.6 Å². The molecular formula is C19H24BrNO5. The number of hydrogen-bond acceptors (Lipinski definition) is 4. The largest absolute Gasteiger partial charge is 0.490 e. The van der Waals surface area contributed by atoms with Gasteiger partial charge in [-0.3, -0.25) is 4.79 Å². The van der Waals surface area contributed by atoms with E-state index in [1.807, 2.05) is 6.92 Å². The van der Waals surface area contributed by atoms with Crippen LogP contribution >= 0.6 is 15.9 Å². The SMILES string of the molecule is CCOc1cc(C=CC(=O)O)c(Br)cc1OCC(=O)NC1CCCCC1. The number of halogens is 1. The van der Waals surface area contributed by atoms with Crippen LogP contribution < -0.4 is 14.8 Å². The van der Waals surface area contributed by atoms with Gasteiger partial charge in [0, 0.05) is 16.6 Å². The quantitative estimate of drug-likeness (QED) is 0.619. The van der Waals surface area contributed by atoms with Gasteiger partial charge in [-0.15, -0.1) is 0 Å². The number of ether oxygens (including phenoxy) is 2. The van der Waals surface area contributed by atoms with E-state index >= 15 is 0 Å². The van der Waals surface area contributed by atoms with Crippen molar-refractivity contribution < 1.29 is 24.2 Å². The predicted molar refractivity (Wildman–Crippen MR) is 102 cm³/mol. The third-order valence-electron chi connectivity index (χ3n) is 4.10. The fraction of sp³-hybridized carbons (Fsp3) is 0.474. The second kappa shape index (κ2) is 10.2. The van der Waals surface area contributed by atoms with Crippen molar-refractivity contribution in [2.75, 3.05) is 13.2 Å². The molecule has 142 valence electrons. The van der Waals surface area contributed by atoms with Gasteiger partial charge in [0.25, 0.3) is 5.91 Å². The topological polar surface area (TPSA) is 84.9 Å². The van der Waals surface area contributed by atoms with Crippen molar-refractivity contribution >= 4 is 33.9 Å². The van der Waals surface area contributed by atoms with E-state index in [0.717, 1.165) is 31.8 Å². The Morgan fingerprint density at radius 1 is 1.23 bits per heavy atom. The van der Waals surface area contributed by atoms with E-state index in [1.54, 1.807) is 12.1 Å². The summed E-state index contributed by atoms with van der Waals surface area (Å²) in [6, 6.07) is 3.60. The van der Waals surface area contributed by atoms with E-state index in [9.17, 15) is 9.59 Å². The zero-order valence-corrected chi connectivity index (χ0v) is 16.4. The predicted octanol–water partition coefficient (Wildman–Crippen LogP) is 3.77. The number of hydrogen-bond donors (Lipinski definition) is 2. The molecule has 0 spiro atoms. The molecule has 1 fully saturated rings. The minimum atomic E-state index is -1.03. The third kappa shape index (κ3) is 6.37. The fourth-order valence-electron chi connectivity index (χ4n) is 2.88. The van der Waals surface area contributed by atoms with Crippen LogP contribution in [0.5, 0.6) is 11.5 Å². The average Bonchev–Trinajstić information content (AvgIpc) is 2.61. The Morgan fingerprint density at radius 2 is 1.92 bits per heavy atom. The van der Waals surface area contributed by atoms with Crippen molar-refractivity contribution in [3.63, 3.8) is 0 Å². The van der Waals surface area contributed by atoms with Crippen LogP contribution in [0.4, 0.5) is 0 Å². The molecule has 26 heavy (non-hydrogen) atoms. The van der Waals surface area contributed by atoms with Gasteiger partial charge in [0.1, 0.15) is 0 Å². The van der Waals surface area contributed by atoms with Gasteiger partial charge >= 0.3 is 5.97 Å². The van der Waals surface area contributed by atoms with Crippen molar-refractivity contribution in [1.29, 1.82) is 0 Å². The maximum absolute atomic E-state index is 12.1. The number of carboxylic acid groups (broad SMARTS) is 1. The van der Waals surface area contributed by atoms with Crippen LogP contribution in [-0.2, 0) is 9.59 Å². The lowest BCUT2D eigenvalue weighted by molar-refractivity contribution is -0.131. The summed E-state index contributed by atoms with van der Waals surface area (Å²) in [6.07, 6.45) is 8.09. The molecular weight excluding hydrogens is 402 g/mol. The molecule has 2 N–H and O–H groups in total. The van der Waals surface area contributed by atoms with Crippen molar-refractivity contribution in [1.82, 2.24) is 5.32 Å². The normalized spacial score (nSPS) is 15.0. The highest BCUT2D eigenvalue weighted by Gasteiger charge is 2.17. The number of carboxylic acids is 1. The summed E-state index contributed by atoms with van der Waals surface area (Å²) < 4.78 is 11.9. The Labute approximate surface area is 161 Å². The van der Waals surface area contributed by atoms with E-state index in [-0.39, 0.29) is 18.6 Å². The lowest BCUT2D eigenvalue weighted by atomic mass is 9.95. The van der Waals surface area contributed by atoms with Crippen molar-refractivity contribution in [2.24, 2.45) is 0 Å². The molecule has 0 bridgehead atoms. The molecule has 1 amide bonds. The molecule has 0 aromatic heterocycles. The Balaban J connectivity index is 2.03. The van der Waals surface area contributed by atoms with E-state index in [4.69, 9.17) is 14.6 Å². The average molecular weight is 426 g/mol. The number of carbonyl (C=O) groups is 2. The maximum atomic E-state index is 12.1. The molecule has 0 saturated heterocycles. The van der Waals surface area contributed by atoms with Gasteiger partial charge in [0.15, 0.2) is 18.1 Å². The van der Waals surface area contributed by atoms with Crippen LogP contribution in [0.15, 0.2) is 22.7 Å². The zero-order valence-electron chi connectivity index (χ0n) is 14.8. The van der Waals surface area contributed by atoms with Crippen molar-refractivity contribution in [3.05, 3.63) is 28.2 Å². The zero-order chi connectivity index (χ0) is 18.9. The molecule has 7 heteroatoms. The Kier molecular flexibility index (Phi) is 7.97. The van der Waals surface area contributed by atoms with Gasteiger partial charge in [-0.05, 0) is 43.5 Å². The van der Waals surface area contributed by atoms with E-state index in [1.165, 1.54) is 12.5 Å². The van der Waals surface area contributed by atoms with Crippen LogP contribution in [0.3, 0.4) is 0 Å². The van der Waals surface area contributed by atoms with Crippen molar-refractivity contribution in [2.45, 2.75) is 45.1 Å². The summed E-state index contributed by atoms with van der Waals surface area (Å²) in [6.45, 7) is 2.18. The first-order valence-electron chi connectivity index (χ1n) is 8.79. The summed E-state index contributed by atoms with van der Waals surface area (Å²) in [5, 5.41) is 11.8. The first-order valence-corrected chi connectivity index (χ1v) is 9.58. The van der Waals surface area contributed by atoms with Gasteiger partial charge in [-0.1, -0.05) is 35.2 Å². The minimum absolute atomic E-state index is 0.0900. The van der Waals surface area contributed by atoms with Gasteiger partial charge in [-0.25, -0.2) is 4.79 Å². The molecule has 0 heterocycles. The molecule has 6 nitrogen and oxygen atoms in total. The third-order valence-corrected chi connectivity index (χ3v) is 4.78. The fourth-order valence-corrected chi connectivity index (χ4v) is 3.33. The summed E-state index contributed by atoms with van der Waals surface area (Å²) in [5.74, 6) is -0.281. The van der Waals surface area contributed by atoms with Crippen molar-refractivity contribution in [3.8, 4) is 11.5 Å². The smallest absolute Gasteiger partial charge is 0.328 e. The second-order valence-electron chi connectivity index (χ2n) is 6.12. The maximum Gasteiger partial charge on any atom is 0.328 e. The summed E-state index contributed by atoms with van der Waals surface area (Å²) >= 11 is 3.39. The summed E-state index contributed by atoms with van der Waals surface area (Å²) in [7, 11) is 0. The monoisotopic (exact) mass is 425 g/mol. The second-order valence-corrected chi connectivity index (χ2v) is 6.97. The molecule has 1 aromatic rings. The molecule has 0 radical (unpaired) electrons. The first kappa shape index (κ1) is 20.3. The standard InChI is InChI=1S/C19H24BrNO5/c1-2-25-16-10-13(8-9-19(23)24)15(20)11-17(16)26-12-18(22)21-14-6-4-3-5-7-14/h8-11,14H,2-7,12H2,1H3,(H,21,22)(H,23,24). The van der Waals surface area contributed by atoms with Crippen LogP contribution in [0, 0.1) is 0 Å². The van der Waals surface area contributed by atoms with E-state index in [2.05, 4.69) is 21.2 Å². The summed E-state index contributed by atoms with van der Waals surface area (Å²) in [5.41, 5.74) is 0.648. The molecule has 1 aliphatic carbocycles. The van der Waals surface area contributed by atoms with E-state index in [0.29, 0.717) is 28.1 Å². The highest BCUT2D eigenvalue weighted by molar-refractivity contribution is 9.10. The van der Waals surface area contributed by atoms with Gasteiger partial charge in [0.05, 0.1) is 6.61 Å². The Hall–Kier alpha value is -2.02. The molecule has 0 aliphatic heterocycles. The first-order chi connectivity index (χ1) is 12.5. The molecule has 1 aromatic carbocycles. The van der Waals surface area contributed by atoms with E-state index < -0.39 is 5.97 Å². The van der Waals surface area contributed by atoms with Gasteiger partial charge in [-0.2, -0.15) is 0 Å². The van der Waals surface area contributed by atoms with Crippen LogP contribution in [0.2, 0.25) is 0 Å². The number of rotatable bonds is 8. The molecule has 1 aliphatic rings. The number of amides is 1. The number of aliphatic carboxylic acids is 1. The molecule has 1 saturated carbocycles. The highest BCUT2D eigenvalue weighted by atomic mass is 79.9. The highest BCUT2D eigenvalue weighted by Crippen LogP contribution is 2.34. The molecule has 0 unspecified atom stereocenters. The lowest BCUT2D eigenvalue weighted by Crippen LogP contribution is -2.39. The van der Waals surface area contributed by atoms with Crippen LogP contribution in [0.25, 0.3) is 6.08 Å². The Morgan fingerprint density at radius 3 is 2.58 bits per heavy atom. The molecule has 2 rings (SSSR count). The van der Waals surface area contributed by atoms with Gasteiger partial charge in [0.2, 0.25) is 0 Å². The number of nitrogens with one attached hydrogen (secondary N) is 1. The number of benzene rings is 1. The van der Waals surface area contributed by atoms with Crippen LogP contribution in [-0.4, -0.2) is 36.2 Å². The molecule has 0 atom stereocenters. The number of carbonyl (C=O) groups excluding carboxylic acids is 1. The minimum Gasteiger partial charge on any atom is -0.490 e.